The van der Waals surface area contributed by atoms with Gasteiger partial charge in [0.15, 0.2) is 18.7 Å². The van der Waals surface area contributed by atoms with Crippen molar-refractivity contribution in [3.63, 3.8) is 0 Å². The lowest BCUT2D eigenvalue weighted by molar-refractivity contribution is -0.316. The third-order valence-electron chi connectivity index (χ3n) is 3.87. The van der Waals surface area contributed by atoms with E-state index in [2.05, 4.69) is 0 Å². The number of carboxylic acids is 1. The first-order chi connectivity index (χ1) is 12.1. The molecule has 13 nitrogen and oxygen atoms in total. The lowest BCUT2D eigenvalue weighted by atomic mass is 9.98. The van der Waals surface area contributed by atoms with Crippen molar-refractivity contribution < 1.29 is 65.0 Å². The Kier molecular flexibility index (Phi) is 8.42. The van der Waals surface area contributed by atoms with Gasteiger partial charge in [-0.3, -0.25) is 0 Å². The number of aliphatic hydroxyl groups excluding tert-OH is 8. The van der Waals surface area contributed by atoms with Crippen LogP contribution in [0.1, 0.15) is 0 Å². The second-order valence-corrected chi connectivity index (χ2v) is 5.69. The number of ether oxygens (including phenoxy) is 2. The van der Waals surface area contributed by atoms with E-state index in [-0.39, 0.29) is 6.29 Å². The number of aliphatic hydroxyl groups is 8. The third-order valence-corrected chi connectivity index (χ3v) is 3.87. The van der Waals surface area contributed by atoms with Crippen LogP contribution in [0.3, 0.4) is 0 Å². The van der Waals surface area contributed by atoms with E-state index in [0.717, 1.165) is 0 Å². The third kappa shape index (κ3) is 4.92. The number of carboxylic acid groups (broad SMARTS) is 1. The van der Waals surface area contributed by atoms with E-state index < -0.39 is 73.8 Å². The Hall–Kier alpha value is -1.26. The van der Waals surface area contributed by atoms with Crippen LogP contribution in [0.15, 0.2) is 0 Å². The average molecular weight is 386 g/mol. The van der Waals surface area contributed by atoms with Gasteiger partial charge in [0.1, 0.15) is 48.8 Å². The summed E-state index contributed by atoms with van der Waals surface area (Å²) in [5.74, 6) is -1.69. The maximum atomic E-state index is 11.0. The Morgan fingerprint density at radius 1 is 1.00 bits per heavy atom. The molecular weight excluding hydrogens is 364 g/mol. The minimum absolute atomic E-state index is 0.112. The minimum atomic E-state index is -2.18. The Labute approximate surface area is 146 Å². The highest BCUT2D eigenvalue weighted by molar-refractivity contribution is 5.73. The second-order valence-electron chi connectivity index (χ2n) is 5.69. The van der Waals surface area contributed by atoms with Crippen LogP contribution in [0.25, 0.3) is 0 Å². The van der Waals surface area contributed by atoms with Gasteiger partial charge in [-0.25, -0.2) is 4.79 Å². The fraction of sp³-hybridized carbons (Fsp3) is 0.846. The summed E-state index contributed by atoms with van der Waals surface area (Å²) in [5.41, 5.74) is 0. The predicted octanol–water partition coefficient (Wildman–Crippen LogP) is -6.10. The smallest absolute Gasteiger partial charge is 0.335 e. The first-order valence-electron chi connectivity index (χ1n) is 7.43. The fourth-order valence-electron chi connectivity index (χ4n) is 2.27. The summed E-state index contributed by atoms with van der Waals surface area (Å²) < 4.78 is 9.73. The molecule has 10 atom stereocenters. The van der Waals surface area contributed by atoms with Crippen molar-refractivity contribution in [3.05, 3.63) is 0 Å². The molecular formula is C13H22O13. The molecule has 1 heterocycles. The number of rotatable bonds is 9. The minimum Gasteiger partial charge on any atom is -0.479 e. The van der Waals surface area contributed by atoms with E-state index in [0.29, 0.717) is 0 Å². The quantitative estimate of drug-likeness (QED) is 0.168. The number of hydrogen-bond acceptors (Lipinski definition) is 12. The van der Waals surface area contributed by atoms with Crippen LogP contribution in [0.5, 0.6) is 0 Å². The van der Waals surface area contributed by atoms with Crippen LogP contribution in [-0.4, -0.2) is 126 Å². The van der Waals surface area contributed by atoms with Gasteiger partial charge >= 0.3 is 5.97 Å². The molecule has 1 aliphatic heterocycles. The maximum Gasteiger partial charge on any atom is 0.335 e. The molecule has 0 amide bonds. The summed E-state index contributed by atoms with van der Waals surface area (Å²) in [6.45, 7) is -1.04. The zero-order chi connectivity index (χ0) is 20.2. The van der Waals surface area contributed by atoms with Crippen molar-refractivity contribution in [3.8, 4) is 0 Å². The van der Waals surface area contributed by atoms with E-state index in [1.54, 1.807) is 0 Å². The fourth-order valence-corrected chi connectivity index (χ4v) is 2.27. The molecule has 0 radical (unpaired) electrons. The van der Waals surface area contributed by atoms with Gasteiger partial charge in [0, 0.05) is 0 Å². The van der Waals surface area contributed by atoms with Crippen LogP contribution >= 0.6 is 0 Å². The number of carbonyl (C=O) groups excluding carboxylic acids is 1. The summed E-state index contributed by atoms with van der Waals surface area (Å²) >= 11 is 0. The summed E-state index contributed by atoms with van der Waals surface area (Å²) in [6.07, 6.45) is -20.3. The highest BCUT2D eigenvalue weighted by Gasteiger charge is 2.49. The van der Waals surface area contributed by atoms with E-state index in [4.69, 9.17) is 19.7 Å². The van der Waals surface area contributed by atoms with Crippen LogP contribution in [0.2, 0.25) is 0 Å². The first-order valence-corrected chi connectivity index (χ1v) is 7.43. The molecule has 0 aromatic carbocycles. The van der Waals surface area contributed by atoms with Gasteiger partial charge in [-0.15, -0.1) is 0 Å². The molecule has 0 aromatic heterocycles. The molecule has 1 saturated heterocycles. The van der Waals surface area contributed by atoms with Crippen LogP contribution in [0.4, 0.5) is 0 Å². The first kappa shape index (κ1) is 22.8. The average Bonchev–Trinajstić information content (AvgIpc) is 2.62. The van der Waals surface area contributed by atoms with Gasteiger partial charge in [-0.1, -0.05) is 0 Å². The normalized spacial score (nSPS) is 35.2. The molecule has 0 aliphatic carbocycles. The number of hydrogen-bond donors (Lipinski definition) is 9. The molecule has 0 aromatic rings. The van der Waals surface area contributed by atoms with E-state index in [1.807, 2.05) is 0 Å². The Morgan fingerprint density at radius 2 is 1.58 bits per heavy atom. The largest absolute Gasteiger partial charge is 0.479 e. The summed E-state index contributed by atoms with van der Waals surface area (Å²) in [4.78, 5) is 21.4. The molecule has 26 heavy (non-hydrogen) atoms. The van der Waals surface area contributed by atoms with Crippen LogP contribution in [-0.2, 0) is 19.1 Å². The van der Waals surface area contributed by atoms with Crippen molar-refractivity contribution in [2.45, 2.75) is 61.2 Å². The van der Waals surface area contributed by atoms with Crippen LogP contribution < -0.4 is 0 Å². The lowest BCUT2D eigenvalue weighted by Crippen LogP contribution is -2.62. The van der Waals surface area contributed by atoms with Crippen molar-refractivity contribution in [1.29, 1.82) is 0 Å². The SMILES string of the molecule is O=CC(O)C(O)C(O)C(O)C(CO)OC1OC(C(=O)O)C(O)C(O)C1O. The maximum absolute atomic E-state index is 11.0. The molecule has 0 spiro atoms. The van der Waals surface area contributed by atoms with E-state index >= 15 is 0 Å². The zero-order valence-electron chi connectivity index (χ0n) is 13.2. The zero-order valence-corrected chi connectivity index (χ0v) is 13.2. The molecule has 10 unspecified atom stereocenters. The van der Waals surface area contributed by atoms with Gasteiger partial charge in [0.2, 0.25) is 0 Å². The van der Waals surface area contributed by atoms with Crippen molar-refractivity contribution in [2.24, 2.45) is 0 Å². The Morgan fingerprint density at radius 3 is 2.04 bits per heavy atom. The standard InChI is InChI=1S/C13H22O13/c14-1-3(16)5(17)7(19)6(18)4(2-15)25-13-10(22)8(20)9(21)11(26-13)12(23)24/h1,3-11,13,15-22H,2H2,(H,23,24). The second kappa shape index (κ2) is 9.61. The van der Waals surface area contributed by atoms with E-state index in [1.165, 1.54) is 0 Å². The Balaban J connectivity index is 2.87. The van der Waals surface area contributed by atoms with E-state index in [9.17, 15) is 45.3 Å². The number of aliphatic carboxylic acids is 1. The number of carbonyl (C=O) groups is 2. The lowest BCUT2D eigenvalue weighted by Gasteiger charge is -2.40. The van der Waals surface area contributed by atoms with Crippen molar-refractivity contribution in [2.75, 3.05) is 6.61 Å². The van der Waals surface area contributed by atoms with Gasteiger partial charge in [0.05, 0.1) is 6.61 Å². The molecule has 1 rings (SSSR count). The summed E-state index contributed by atoms with van der Waals surface area (Å²) in [6, 6.07) is 0. The highest BCUT2D eigenvalue weighted by Crippen LogP contribution is 2.24. The summed E-state index contributed by atoms with van der Waals surface area (Å²) in [7, 11) is 0. The number of aldehydes is 1. The van der Waals surface area contributed by atoms with Gasteiger partial charge in [0.25, 0.3) is 0 Å². The predicted molar refractivity (Wildman–Crippen MR) is 76.4 cm³/mol. The molecule has 13 heteroatoms. The van der Waals surface area contributed by atoms with Gasteiger partial charge in [-0.05, 0) is 0 Å². The topological polar surface area (TPSA) is 235 Å². The monoisotopic (exact) mass is 386 g/mol. The van der Waals surface area contributed by atoms with Crippen LogP contribution in [0, 0.1) is 0 Å². The molecule has 9 N–H and O–H groups in total. The molecule has 0 saturated carbocycles. The Bertz CT molecular complexity index is 473. The highest BCUT2D eigenvalue weighted by atomic mass is 16.7. The van der Waals surface area contributed by atoms with Gasteiger partial charge < -0.3 is 60.2 Å². The van der Waals surface area contributed by atoms with Crippen molar-refractivity contribution >= 4 is 12.3 Å². The van der Waals surface area contributed by atoms with Gasteiger partial charge in [-0.2, -0.15) is 0 Å². The molecule has 0 bridgehead atoms. The molecule has 1 fully saturated rings. The summed E-state index contributed by atoms with van der Waals surface area (Å²) in [5, 5.41) is 85.4. The van der Waals surface area contributed by atoms with Crippen molar-refractivity contribution in [1.82, 2.24) is 0 Å². The molecule has 1 aliphatic rings. The molecule has 152 valence electrons.